The monoisotopic (exact) mass is 725 g/mol. The summed E-state index contributed by atoms with van der Waals surface area (Å²) in [5.74, 6) is 0. The number of hydrogen-bond donors (Lipinski definition) is 0. The SMILES string of the molecule is c1ccc(-c2cccc(-n3c4ccccc4c4cc(-c5ccc(-n6c7ccccc7c7cc8c(cc76)c6ccccc6n8-c6ccccc6)cc5)ccc43)c2)cc1. The predicted molar refractivity (Wildman–Crippen MR) is 240 cm³/mol. The number of para-hydroxylation sites is 4. The molecule has 0 unspecified atom stereocenters. The van der Waals surface area contributed by atoms with Crippen molar-refractivity contribution in [2.24, 2.45) is 0 Å². The second-order valence-electron chi connectivity index (χ2n) is 15.0. The fourth-order valence-electron chi connectivity index (χ4n) is 9.25. The Morgan fingerprint density at radius 3 is 1.18 bits per heavy atom. The Bertz CT molecular complexity index is 3490. The second kappa shape index (κ2) is 12.5. The van der Waals surface area contributed by atoms with Gasteiger partial charge in [-0.3, -0.25) is 0 Å². The van der Waals surface area contributed by atoms with Crippen LogP contribution >= 0.6 is 0 Å². The summed E-state index contributed by atoms with van der Waals surface area (Å²) < 4.78 is 7.24. The molecule has 0 amide bonds. The van der Waals surface area contributed by atoms with Crippen molar-refractivity contribution in [3.05, 3.63) is 212 Å². The zero-order valence-corrected chi connectivity index (χ0v) is 31.0. The van der Waals surface area contributed by atoms with Crippen molar-refractivity contribution in [3.63, 3.8) is 0 Å². The Labute approximate surface area is 329 Å². The van der Waals surface area contributed by atoms with Crippen molar-refractivity contribution in [3.8, 4) is 39.3 Å². The van der Waals surface area contributed by atoms with E-state index < -0.39 is 0 Å². The summed E-state index contributed by atoms with van der Waals surface area (Å²) in [6.07, 6.45) is 0. The van der Waals surface area contributed by atoms with Gasteiger partial charge in [-0.1, -0.05) is 133 Å². The first kappa shape index (κ1) is 31.7. The third-order valence-electron chi connectivity index (χ3n) is 11.8. The van der Waals surface area contributed by atoms with Crippen LogP contribution in [0.25, 0.3) is 105 Å². The average molecular weight is 726 g/mol. The Balaban J connectivity index is 0.991. The van der Waals surface area contributed by atoms with Crippen molar-refractivity contribution < 1.29 is 0 Å². The van der Waals surface area contributed by atoms with Crippen LogP contribution < -0.4 is 0 Å². The number of aromatic nitrogens is 3. The summed E-state index contributed by atoms with van der Waals surface area (Å²) in [6, 6.07) is 77.4. The zero-order chi connectivity index (χ0) is 37.5. The summed E-state index contributed by atoms with van der Waals surface area (Å²) in [4.78, 5) is 0. The number of benzene rings is 9. The van der Waals surface area contributed by atoms with E-state index in [0.717, 1.165) is 11.4 Å². The van der Waals surface area contributed by atoms with Gasteiger partial charge >= 0.3 is 0 Å². The molecule has 0 aliphatic carbocycles. The molecule has 0 radical (unpaired) electrons. The average Bonchev–Trinajstić information content (AvgIpc) is 3.91. The molecule has 3 nitrogen and oxygen atoms in total. The lowest BCUT2D eigenvalue weighted by Crippen LogP contribution is -1.95. The lowest BCUT2D eigenvalue weighted by molar-refractivity contribution is 1.17. The van der Waals surface area contributed by atoms with Gasteiger partial charge in [0.05, 0.1) is 33.1 Å². The predicted octanol–water partition coefficient (Wildman–Crippen LogP) is 14.3. The van der Waals surface area contributed by atoms with Crippen LogP contribution in [0.3, 0.4) is 0 Å². The van der Waals surface area contributed by atoms with Crippen LogP contribution in [0.2, 0.25) is 0 Å². The maximum absolute atomic E-state index is 2.43. The number of fused-ring (bicyclic) bond motifs is 9. The molecule has 3 aromatic heterocycles. The molecule has 0 fully saturated rings. The number of rotatable bonds is 5. The summed E-state index contributed by atoms with van der Waals surface area (Å²) in [7, 11) is 0. The van der Waals surface area contributed by atoms with Crippen LogP contribution in [0.15, 0.2) is 212 Å². The third kappa shape index (κ3) is 4.86. The van der Waals surface area contributed by atoms with Crippen LogP contribution in [0, 0.1) is 0 Å². The molecule has 266 valence electrons. The van der Waals surface area contributed by atoms with E-state index in [-0.39, 0.29) is 0 Å². The van der Waals surface area contributed by atoms with Crippen LogP contribution in [0.5, 0.6) is 0 Å². The van der Waals surface area contributed by atoms with E-state index in [1.54, 1.807) is 0 Å². The van der Waals surface area contributed by atoms with E-state index in [0.29, 0.717) is 0 Å². The molecule has 0 bridgehead atoms. The van der Waals surface area contributed by atoms with Gasteiger partial charge in [0.2, 0.25) is 0 Å². The third-order valence-corrected chi connectivity index (χ3v) is 11.8. The lowest BCUT2D eigenvalue weighted by Gasteiger charge is -2.11. The zero-order valence-electron chi connectivity index (χ0n) is 31.0. The largest absolute Gasteiger partial charge is 0.309 e. The van der Waals surface area contributed by atoms with E-state index in [1.807, 2.05) is 0 Å². The molecule has 0 N–H and O–H groups in total. The topological polar surface area (TPSA) is 14.8 Å². The molecular formula is C54H35N3. The van der Waals surface area contributed by atoms with Gasteiger partial charge in [0.25, 0.3) is 0 Å². The fraction of sp³-hybridized carbons (Fsp3) is 0. The van der Waals surface area contributed by atoms with Gasteiger partial charge in [-0.05, 0) is 101 Å². The van der Waals surface area contributed by atoms with Gasteiger partial charge in [0.15, 0.2) is 0 Å². The molecule has 0 aliphatic rings. The molecule has 12 rings (SSSR count). The fourth-order valence-corrected chi connectivity index (χ4v) is 9.25. The smallest absolute Gasteiger partial charge is 0.0548 e. The Morgan fingerprint density at radius 1 is 0.193 bits per heavy atom. The molecule has 12 aromatic rings. The van der Waals surface area contributed by atoms with E-state index in [2.05, 4.69) is 226 Å². The molecule has 0 saturated heterocycles. The Morgan fingerprint density at radius 2 is 0.579 bits per heavy atom. The highest BCUT2D eigenvalue weighted by Crippen LogP contribution is 2.41. The number of hydrogen-bond acceptors (Lipinski definition) is 0. The first-order chi connectivity index (χ1) is 28.3. The molecule has 57 heavy (non-hydrogen) atoms. The Kier molecular flexibility index (Phi) is 6.93. The van der Waals surface area contributed by atoms with E-state index >= 15 is 0 Å². The quantitative estimate of drug-likeness (QED) is 0.168. The standard InChI is InChI=1S/C54H35N3/c1-3-14-36(15-4-1)38-16-13-19-42(32-38)57-51-25-12-7-20-43(51)46-33-39(28-31-52(46)57)37-26-29-41(30-27-37)56-50-24-11-9-22-45(50)48-34-53-47(35-54(48)56)44-21-8-10-23-49(44)55(53)40-17-5-2-6-18-40/h1-35H. The van der Waals surface area contributed by atoms with E-state index in [9.17, 15) is 0 Å². The van der Waals surface area contributed by atoms with Crippen LogP contribution in [-0.2, 0) is 0 Å². The second-order valence-corrected chi connectivity index (χ2v) is 15.0. The van der Waals surface area contributed by atoms with Crippen molar-refractivity contribution >= 4 is 65.4 Å². The Hall–Kier alpha value is -7.62. The van der Waals surface area contributed by atoms with Crippen LogP contribution in [-0.4, -0.2) is 13.7 Å². The minimum Gasteiger partial charge on any atom is -0.309 e. The van der Waals surface area contributed by atoms with Crippen molar-refractivity contribution in [2.45, 2.75) is 0 Å². The highest BCUT2D eigenvalue weighted by Gasteiger charge is 2.19. The van der Waals surface area contributed by atoms with Crippen molar-refractivity contribution in [2.75, 3.05) is 0 Å². The minimum atomic E-state index is 1.15. The molecule has 0 spiro atoms. The normalized spacial score (nSPS) is 11.9. The molecule has 9 aromatic carbocycles. The summed E-state index contributed by atoms with van der Waals surface area (Å²) in [5.41, 5.74) is 15.5. The van der Waals surface area contributed by atoms with Crippen molar-refractivity contribution in [1.29, 1.82) is 0 Å². The summed E-state index contributed by atoms with van der Waals surface area (Å²) in [6.45, 7) is 0. The van der Waals surface area contributed by atoms with Gasteiger partial charge in [-0.2, -0.15) is 0 Å². The van der Waals surface area contributed by atoms with Gasteiger partial charge < -0.3 is 13.7 Å². The molecule has 3 heterocycles. The number of nitrogens with zero attached hydrogens (tertiary/aromatic N) is 3. The van der Waals surface area contributed by atoms with Crippen LogP contribution in [0.4, 0.5) is 0 Å². The molecule has 3 heteroatoms. The maximum atomic E-state index is 2.43. The van der Waals surface area contributed by atoms with Gasteiger partial charge in [0.1, 0.15) is 0 Å². The van der Waals surface area contributed by atoms with Crippen molar-refractivity contribution in [1.82, 2.24) is 13.7 Å². The summed E-state index contributed by atoms with van der Waals surface area (Å²) in [5, 5.41) is 7.51. The lowest BCUT2D eigenvalue weighted by atomic mass is 10.0. The van der Waals surface area contributed by atoms with Crippen LogP contribution in [0.1, 0.15) is 0 Å². The summed E-state index contributed by atoms with van der Waals surface area (Å²) >= 11 is 0. The highest BCUT2D eigenvalue weighted by molar-refractivity contribution is 6.19. The first-order valence-electron chi connectivity index (χ1n) is 19.6. The van der Waals surface area contributed by atoms with Gasteiger partial charge in [-0.25, -0.2) is 0 Å². The van der Waals surface area contributed by atoms with Gasteiger partial charge in [-0.15, -0.1) is 0 Å². The maximum Gasteiger partial charge on any atom is 0.0548 e. The van der Waals surface area contributed by atoms with Gasteiger partial charge in [0, 0.05) is 49.4 Å². The minimum absolute atomic E-state index is 1.15. The highest BCUT2D eigenvalue weighted by atomic mass is 15.0. The molecule has 0 aliphatic heterocycles. The van der Waals surface area contributed by atoms with E-state index in [1.165, 1.54) is 93.4 Å². The first-order valence-corrected chi connectivity index (χ1v) is 19.6. The molecular weight excluding hydrogens is 691 g/mol. The molecule has 0 atom stereocenters. The molecule has 0 saturated carbocycles. The van der Waals surface area contributed by atoms with E-state index in [4.69, 9.17) is 0 Å².